The number of aromatic nitrogens is 3. The SMILES string of the molecule is COc1ccc(CNn2c(=O)ccc3cnc(SC)nc32)cc1Cl. The summed E-state index contributed by atoms with van der Waals surface area (Å²) in [5.74, 6) is 0.611. The number of halogens is 1. The molecule has 24 heavy (non-hydrogen) atoms. The van der Waals surface area contributed by atoms with Crippen LogP contribution in [0.2, 0.25) is 5.02 Å². The van der Waals surface area contributed by atoms with Gasteiger partial charge in [0.15, 0.2) is 10.8 Å². The van der Waals surface area contributed by atoms with Gasteiger partial charge < -0.3 is 10.2 Å². The van der Waals surface area contributed by atoms with Crippen LogP contribution < -0.4 is 15.7 Å². The minimum Gasteiger partial charge on any atom is -0.495 e. The van der Waals surface area contributed by atoms with E-state index in [1.165, 1.54) is 22.5 Å². The molecule has 0 saturated heterocycles. The largest absolute Gasteiger partial charge is 0.495 e. The molecule has 6 nitrogen and oxygen atoms in total. The molecule has 2 aromatic heterocycles. The number of nitrogens with zero attached hydrogens (tertiary/aromatic N) is 3. The lowest BCUT2D eigenvalue weighted by Crippen LogP contribution is -2.29. The topological polar surface area (TPSA) is 69.0 Å². The van der Waals surface area contributed by atoms with Crippen molar-refractivity contribution in [1.82, 2.24) is 14.6 Å². The number of methoxy groups -OCH3 is 1. The van der Waals surface area contributed by atoms with Gasteiger partial charge in [0.1, 0.15) is 5.75 Å². The number of hydrogen-bond acceptors (Lipinski definition) is 6. The van der Waals surface area contributed by atoms with Gasteiger partial charge in [-0.1, -0.05) is 29.4 Å². The Morgan fingerprint density at radius 2 is 2.17 bits per heavy atom. The Labute approximate surface area is 147 Å². The lowest BCUT2D eigenvalue weighted by Gasteiger charge is -2.13. The van der Waals surface area contributed by atoms with E-state index in [1.54, 1.807) is 31.5 Å². The number of ether oxygens (including phenoxy) is 1. The second-order valence-corrected chi connectivity index (χ2v) is 6.13. The Kier molecular flexibility index (Phi) is 4.92. The molecular formula is C16H15ClN4O2S. The molecule has 0 unspecified atom stereocenters. The predicted octanol–water partition coefficient (Wildman–Crippen LogP) is 2.92. The summed E-state index contributed by atoms with van der Waals surface area (Å²) in [6, 6.07) is 8.67. The molecule has 0 fully saturated rings. The molecule has 0 radical (unpaired) electrons. The maximum absolute atomic E-state index is 12.2. The molecule has 0 aliphatic rings. The van der Waals surface area contributed by atoms with Crippen LogP contribution in [0.5, 0.6) is 5.75 Å². The number of thioether (sulfide) groups is 1. The Balaban J connectivity index is 1.93. The van der Waals surface area contributed by atoms with Crippen LogP contribution in [0.3, 0.4) is 0 Å². The van der Waals surface area contributed by atoms with E-state index < -0.39 is 0 Å². The van der Waals surface area contributed by atoms with Crippen LogP contribution in [-0.2, 0) is 6.54 Å². The van der Waals surface area contributed by atoms with Gasteiger partial charge in [0.2, 0.25) is 0 Å². The third-order valence-electron chi connectivity index (χ3n) is 3.45. The number of fused-ring (bicyclic) bond motifs is 1. The monoisotopic (exact) mass is 362 g/mol. The van der Waals surface area contributed by atoms with Gasteiger partial charge in [0, 0.05) is 17.6 Å². The lowest BCUT2D eigenvalue weighted by atomic mass is 10.2. The fourth-order valence-corrected chi connectivity index (χ4v) is 2.86. The highest BCUT2D eigenvalue weighted by Gasteiger charge is 2.07. The van der Waals surface area contributed by atoms with Crippen molar-refractivity contribution in [2.24, 2.45) is 0 Å². The molecule has 3 rings (SSSR count). The molecule has 2 heterocycles. The summed E-state index contributed by atoms with van der Waals surface area (Å²) in [6.07, 6.45) is 3.59. The van der Waals surface area contributed by atoms with Gasteiger partial charge in [0.25, 0.3) is 5.56 Å². The number of benzene rings is 1. The summed E-state index contributed by atoms with van der Waals surface area (Å²) in [7, 11) is 1.57. The Morgan fingerprint density at radius 1 is 1.33 bits per heavy atom. The highest BCUT2D eigenvalue weighted by molar-refractivity contribution is 7.98. The first kappa shape index (κ1) is 16.6. The quantitative estimate of drug-likeness (QED) is 0.556. The zero-order chi connectivity index (χ0) is 17.1. The highest BCUT2D eigenvalue weighted by atomic mass is 35.5. The van der Waals surface area contributed by atoms with E-state index >= 15 is 0 Å². The van der Waals surface area contributed by atoms with Crippen molar-refractivity contribution in [3.8, 4) is 5.75 Å². The summed E-state index contributed by atoms with van der Waals surface area (Å²) in [6.45, 7) is 0.418. The Hall–Kier alpha value is -2.25. The van der Waals surface area contributed by atoms with Crippen molar-refractivity contribution >= 4 is 34.4 Å². The van der Waals surface area contributed by atoms with E-state index in [0.29, 0.717) is 28.1 Å². The lowest BCUT2D eigenvalue weighted by molar-refractivity contribution is 0.415. The fraction of sp³-hybridized carbons (Fsp3) is 0.188. The molecule has 0 bridgehead atoms. The zero-order valence-electron chi connectivity index (χ0n) is 13.1. The van der Waals surface area contributed by atoms with E-state index in [9.17, 15) is 4.79 Å². The molecule has 1 N–H and O–H groups in total. The average Bonchev–Trinajstić information content (AvgIpc) is 2.60. The van der Waals surface area contributed by atoms with E-state index in [4.69, 9.17) is 16.3 Å². The molecule has 0 saturated carbocycles. The Bertz CT molecular complexity index is 945. The van der Waals surface area contributed by atoms with Crippen molar-refractivity contribution in [2.45, 2.75) is 11.7 Å². The minimum absolute atomic E-state index is 0.187. The van der Waals surface area contributed by atoms with Crippen molar-refractivity contribution in [3.05, 3.63) is 57.5 Å². The van der Waals surface area contributed by atoms with Gasteiger partial charge in [-0.3, -0.25) is 4.79 Å². The van der Waals surface area contributed by atoms with Crippen LogP contribution in [0.15, 0.2) is 46.5 Å². The van der Waals surface area contributed by atoms with Gasteiger partial charge in [-0.15, -0.1) is 0 Å². The van der Waals surface area contributed by atoms with E-state index in [0.717, 1.165) is 10.9 Å². The molecule has 124 valence electrons. The van der Waals surface area contributed by atoms with Gasteiger partial charge in [-0.05, 0) is 30.0 Å². The van der Waals surface area contributed by atoms with Gasteiger partial charge >= 0.3 is 0 Å². The first-order chi connectivity index (χ1) is 11.6. The van der Waals surface area contributed by atoms with Crippen molar-refractivity contribution in [1.29, 1.82) is 0 Å². The number of pyridine rings is 1. The van der Waals surface area contributed by atoms with Crippen molar-refractivity contribution in [2.75, 3.05) is 18.8 Å². The molecule has 0 spiro atoms. The van der Waals surface area contributed by atoms with Crippen LogP contribution in [0, 0.1) is 0 Å². The van der Waals surface area contributed by atoms with Crippen LogP contribution in [-0.4, -0.2) is 28.0 Å². The maximum atomic E-state index is 12.2. The molecule has 8 heteroatoms. The van der Waals surface area contributed by atoms with Gasteiger partial charge in [-0.2, -0.15) is 0 Å². The molecule has 0 amide bonds. The van der Waals surface area contributed by atoms with Crippen molar-refractivity contribution in [3.63, 3.8) is 0 Å². The standard InChI is InChI=1S/C16H15ClN4O2S/c1-23-13-5-3-10(7-12(13)17)8-19-21-14(22)6-4-11-9-18-16(24-2)20-15(11)21/h3-7,9,19H,8H2,1-2H3. The summed E-state index contributed by atoms with van der Waals surface area (Å²) in [4.78, 5) is 20.8. The first-order valence-corrected chi connectivity index (χ1v) is 8.71. The second kappa shape index (κ2) is 7.11. The third kappa shape index (κ3) is 3.32. The average molecular weight is 363 g/mol. The summed E-state index contributed by atoms with van der Waals surface area (Å²) < 4.78 is 6.56. The van der Waals surface area contributed by atoms with Crippen LogP contribution >= 0.6 is 23.4 Å². The number of nitrogens with one attached hydrogen (secondary N) is 1. The molecule has 3 aromatic rings. The van der Waals surface area contributed by atoms with E-state index in [-0.39, 0.29) is 5.56 Å². The van der Waals surface area contributed by atoms with Gasteiger partial charge in [0.05, 0.1) is 18.7 Å². The van der Waals surface area contributed by atoms with Crippen LogP contribution in [0.25, 0.3) is 11.0 Å². The number of rotatable bonds is 5. The normalized spacial score (nSPS) is 10.8. The van der Waals surface area contributed by atoms with Crippen LogP contribution in [0.4, 0.5) is 0 Å². The molecule has 0 aliphatic heterocycles. The minimum atomic E-state index is -0.187. The fourth-order valence-electron chi connectivity index (χ4n) is 2.24. The van der Waals surface area contributed by atoms with Crippen molar-refractivity contribution < 1.29 is 4.74 Å². The smallest absolute Gasteiger partial charge is 0.270 e. The zero-order valence-corrected chi connectivity index (χ0v) is 14.7. The molecule has 1 aromatic carbocycles. The summed E-state index contributed by atoms with van der Waals surface area (Å²) in [5, 5.41) is 1.91. The van der Waals surface area contributed by atoms with E-state index in [2.05, 4.69) is 15.4 Å². The Morgan fingerprint density at radius 3 is 2.88 bits per heavy atom. The predicted molar refractivity (Wildman–Crippen MR) is 96.6 cm³/mol. The number of hydrogen-bond donors (Lipinski definition) is 1. The molecule has 0 atom stereocenters. The third-order valence-corrected chi connectivity index (χ3v) is 4.31. The second-order valence-electron chi connectivity index (χ2n) is 4.95. The van der Waals surface area contributed by atoms with Gasteiger partial charge in [-0.25, -0.2) is 14.6 Å². The maximum Gasteiger partial charge on any atom is 0.270 e. The summed E-state index contributed by atoms with van der Waals surface area (Å²) in [5.41, 5.74) is 4.37. The first-order valence-electron chi connectivity index (χ1n) is 7.11. The summed E-state index contributed by atoms with van der Waals surface area (Å²) >= 11 is 7.55. The van der Waals surface area contributed by atoms with Crippen LogP contribution in [0.1, 0.15) is 5.56 Å². The molecular weight excluding hydrogens is 348 g/mol. The van der Waals surface area contributed by atoms with E-state index in [1.807, 2.05) is 12.3 Å². The molecule has 0 aliphatic carbocycles. The highest BCUT2D eigenvalue weighted by Crippen LogP contribution is 2.25.